The Morgan fingerprint density at radius 1 is 0.786 bits per heavy atom. The van der Waals surface area contributed by atoms with Crippen LogP contribution in [0.25, 0.3) is 11.3 Å². The summed E-state index contributed by atoms with van der Waals surface area (Å²) >= 11 is -0.0674. The summed E-state index contributed by atoms with van der Waals surface area (Å²) in [5.41, 5.74) is -6.41. The zero-order valence-electron chi connectivity index (χ0n) is 13.6. The topological polar surface area (TPSA) is 37.8 Å². The van der Waals surface area contributed by atoms with Crippen molar-refractivity contribution in [3.8, 4) is 11.3 Å². The summed E-state index contributed by atoms with van der Waals surface area (Å²) in [6.45, 7) is 0. The Hall–Kier alpha value is -2.69. The van der Waals surface area contributed by atoms with E-state index in [-0.39, 0.29) is 27.8 Å². The lowest BCUT2D eigenvalue weighted by atomic mass is 9.98. The molecule has 0 aliphatic heterocycles. The summed E-state index contributed by atoms with van der Waals surface area (Å²) in [6.07, 6.45) is -11.1. The van der Waals surface area contributed by atoms with Crippen LogP contribution in [0.4, 0.5) is 41.7 Å². The van der Waals surface area contributed by atoms with Gasteiger partial charge in [0.15, 0.2) is 5.13 Å². The minimum atomic E-state index is -6.23. The summed E-state index contributed by atoms with van der Waals surface area (Å²) in [7, 11) is 0. The van der Waals surface area contributed by atoms with E-state index in [1.807, 2.05) is 0 Å². The van der Waals surface area contributed by atoms with Gasteiger partial charge in [0.1, 0.15) is 5.82 Å². The number of anilines is 2. The summed E-state index contributed by atoms with van der Waals surface area (Å²) in [5, 5.41) is 2.15. The lowest BCUT2D eigenvalue weighted by Crippen LogP contribution is -2.50. The number of aromatic nitrogens is 2. The van der Waals surface area contributed by atoms with Crippen molar-refractivity contribution in [2.75, 3.05) is 5.32 Å². The molecule has 2 aromatic heterocycles. The average molecular weight is 421 g/mol. The molecule has 0 unspecified atom stereocenters. The van der Waals surface area contributed by atoms with Crippen molar-refractivity contribution in [3.63, 3.8) is 0 Å². The van der Waals surface area contributed by atoms with E-state index in [1.54, 1.807) is 12.1 Å². The van der Waals surface area contributed by atoms with E-state index in [0.717, 1.165) is 0 Å². The fourth-order valence-electron chi connectivity index (χ4n) is 2.36. The Morgan fingerprint density at radius 2 is 1.39 bits per heavy atom. The molecule has 3 rings (SSSR count). The number of nitrogens with zero attached hydrogens (tertiary/aromatic N) is 2. The molecule has 1 aromatic carbocycles. The van der Waals surface area contributed by atoms with Crippen LogP contribution in [0.15, 0.2) is 54.7 Å². The number of hydrogen-bond acceptors (Lipinski definition) is 4. The molecule has 0 bridgehead atoms. The van der Waals surface area contributed by atoms with Gasteiger partial charge < -0.3 is 5.32 Å². The number of alkyl halides is 7. The van der Waals surface area contributed by atoms with Gasteiger partial charge in [-0.2, -0.15) is 26.3 Å². The van der Waals surface area contributed by atoms with E-state index in [4.69, 9.17) is 0 Å². The van der Waals surface area contributed by atoms with E-state index in [9.17, 15) is 30.7 Å². The van der Waals surface area contributed by atoms with Crippen LogP contribution in [0, 0.1) is 0 Å². The predicted octanol–water partition coefficient (Wildman–Crippen LogP) is 6.24. The number of halogens is 7. The molecule has 0 aliphatic rings. The Morgan fingerprint density at radius 3 is 1.93 bits per heavy atom. The van der Waals surface area contributed by atoms with Gasteiger partial charge in [-0.1, -0.05) is 47.7 Å². The molecule has 0 spiro atoms. The number of nitrogens with one attached hydrogen (secondary N) is 1. The number of rotatable bonds is 4. The first-order valence-electron chi connectivity index (χ1n) is 7.61. The second-order valence-electron chi connectivity index (χ2n) is 5.56. The van der Waals surface area contributed by atoms with E-state index in [0.29, 0.717) is 0 Å². The molecule has 148 valence electrons. The zero-order chi connectivity index (χ0) is 20.6. The first-order chi connectivity index (χ1) is 13.0. The van der Waals surface area contributed by atoms with Gasteiger partial charge in [0, 0.05) is 11.8 Å². The molecule has 28 heavy (non-hydrogen) atoms. The second-order valence-corrected chi connectivity index (χ2v) is 6.56. The minimum Gasteiger partial charge on any atom is -0.316 e. The van der Waals surface area contributed by atoms with Gasteiger partial charge in [-0.15, -0.1) is 0 Å². The molecule has 0 atom stereocenters. The predicted molar refractivity (Wildman–Crippen MR) is 90.0 cm³/mol. The van der Waals surface area contributed by atoms with E-state index in [2.05, 4.69) is 15.3 Å². The fraction of sp³-hybridized carbons (Fsp3) is 0.176. The molecule has 2 heterocycles. The highest BCUT2D eigenvalue weighted by molar-refractivity contribution is 7.16. The van der Waals surface area contributed by atoms with Crippen molar-refractivity contribution in [1.29, 1.82) is 0 Å². The van der Waals surface area contributed by atoms with Crippen LogP contribution in [0.3, 0.4) is 0 Å². The molecular weight excluding hydrogens is 411 g/mol. The van der Waals surface area contributed by atoms with Gasteiger partial charge >= 0.3 is 18.0 Å². The molecule has 1 N–H and O–H groups in total. The first-order valence-corrected chi connectivity index (χ1v) is 8.43. The number of benzene rings is 1. The Bertz CT molecular complexity index is 923. The van der Waals surface area contributed by atoms with Crippen LogP contribution in [0.5, 0.6) is 0 Å². The van der Waals surface area contributed by atoms with E-state index in [1.165, 1.54) is 42.6 Å². The molecule has 0 fully saturated rings. The molecule has 11 heteroatoms. The second kappa shape index (κ2) is 7.04. The Balaban J connectivity index is 2.21. The SMILES string of the molecule is FC(F)(F)C(F)(c1sc(Nc2ccccn2)nc1-c1ccccc1)C(F)(F)F. The molecule has 0 aliphatic carbocycles. The molecule has 3 nitrogen and oxygen atoms in total. The average Bonchev–Trinajstić information content (AvgIpc) is 3.04. The van der Waals surface area contributed by atoms with Crippen molar-refractivity contribution >= 4 is 22.3 Å². The summed E-state index contributed by atoms with van der Waals surface area (Å²) in [6, 6.07) is 11.3. The summed E-state index contributed by atoms with van der Waals surface area (Å²) in [5.74, 6) is 0.130. The summed E-state index contributed by atoms with van der Waals surface area (Å²) < 4.78 is 94.3. The van der Waals surface area contributed by atoms with Gasteiger partial charge in [-0.05, 0) is 12.1 Å². The minimum absolute atomic E-state index is 0.0674. The largest absolute Gasteiger partial charge is 0.436 e. The van der Waals surface area contributed by atoms with Crippen molar-refractivity contribution in [3.05, 3.63) is 59.6 Å². The fourth-order valence-corrected chi connectivity index (χ4v) is 3.48. The monoisotopic (exact) mass is 421 g/mol. The highest BCUT2D eigenvalue weighted by atomic mass is 32.1. The molecular formula is C17H10F7N3S. The van der Waals surface area contributed by atoms with Crippen LogP contribution < -0.4 is 5.32 Å². The highest BCUT2D eigenvalue weighted by Crippen LogP contribution is 2.57. The van der Waals surface area contributed by atoms with Crippen molar-refractivity contribution in [2.24, 2.45) is 0 Å². The number of pyridine rings is 1. The zero-order valence-corrected chi connectivity index (χ0v) is 14.5. The third-order valence-electron chi connectivity index (χ3n) is 3.67. The van der Waals surface area contributed by atoms with Crippen LogP contribution in [0.1, 0.15) is 4.88 Å². The number of hydrogen-bond donors (Lipinski definition) is 1. The third kappa shape index (κ3) is 3.53. The van der Waals surface area contributed by atoms with Gasteiger partial charge in [-0.25, -0.2) is 14.4 Å². The van der Waals surface area contributed by atoms with Crippen LogP contribution >= 0.6 is 11.3 Å². The highest BCUT2D eigenvalue weighted by Gasteiger charge is 2.75. The Kier molecular flexibility index (Phi) is 5.04. The molecule has 0 radical (unpaired) electrons. The maximum Gasteiger partial charge on any atom is 0.436 e. The maximum atomic E-state index is 14.7. The number of thiazole rings is 1. The summed E-state index contributed by atoms with van der Waals surface area (Å²) in [4.78, 5) is 6.06. The van der Waals surface area contributed by atoms with E-state index < -0.39 is 28.6 Å². The van der Waals surface area contributed by atoms with Crippen molar-refractivity contribution < 1.29 is 30.7 Å². The molecule has 0 saturated heterocycles. The maximum absolute atomic E-state index is 14.7. The van der Waals surface area contributed by atoms with Crippen LogP contribution in [-0.4, -0.2) is 22.3 Å². The quantitative estimate of drug-likeness (QED) is 0.507. The van der Waals surface area contributed by atoms with Gasteiger partial charge in [0.05, 0.1) is 10.6 Å². The normalized spacial score (nSPS) is 12.8. The van der Waals surface area contributed by atoms with Gasteiger partial charge in [0.2, 0.25) is 0 Å². The molecule has 3 aromatic rings. The lowest BCUT2D eigenvalue weighted by molar-refractivity contribution is -0.347. The first kappa shape index (κ1) is 20.1. The lowest BCUT2D eigenvalue weighted by Gasteiger charge is -2.29. The van der Waals surface area contributed by atoms with Crippen LogP contribution in [-0.2, 0) is 5.67 Å². The standard InChI is InChI=1S/C17H10F7N3S/c18-15(16(19,20)21,17(22,23)24)13-12(10-6-2-1-3-7-10)27-14(28-13)26-11-8-4-5-9-25-11/h1-9H,(H,25,26,27). The van der Waals surface area contributed by atoms with Crippen molar-refractivity contribution in [1.82, 2.24) is 9.97 Å². The van der Waals surface area contributed by atoms with Gasteiger partial charge in [-0.3, -0.25) is 0 Å². The van der Waals surface area contributed by atoms with Gasteiger partial charge in [0.25, 0.3) is 0 Å². The van der Waals surface area contributed by atoms with Crippen molar-refractivity contribution in [2.45, 2.75) is 18.0 Å². The van der Waals surface area contributed by atoms with Crippen LogP contribution in [0.2, 0.25) is 0 Å². The smallest absolute Gasteiger partial charge is 0.316 e. The Labute approximate surface area is 157 Å². The van der Waals surface area contributed by atoms with E-state index >= 15 is 0 Å². The molecule has 0 amide bonds. The third-order valence-corrected chi connectivity index (χ3v) is 4.73. The molecule has 0 saturated carbocycles.